The van der Waals surface area contributed by atoms with E-state index in [1.807, 2.05) is 24.8 Å². The number of carbonyl (C=O) groups is 2. The molecule has 0 aliphatic carbocycles. The first kappa shape index (κ1) is 18.2. The highest BCUT2D eigenvalue weighted by Gasteiger charge is 2.32. The highest BCUT2D eigenvalue weighted by atomic mass is 16.3. The van der Waals surface area contributed by atoms with E-state index in [1.165, 1.54) is 11.8 Å². The molecule has 5 heteroatoms. The number of benzene rings is 1. The van der Waals surface area contributed by atoms with Crippen LogP contribution in [0.4, 0.5) is 0 Å². The standard InChI is InChI=1S/C21H26N2O3/c1-15(2)19(22-20(24)18-9-6-14-26-18)21(25)23-12-10-17(11-13-23)16-7-4-3-5-8-16/h3-9,14-15,17,19H,10-13H2,1-2H3,(H,22,24). The van der Waals surface area contributed by atoms with Crippen molar-refractivity contribution in [3.05, 3.63) is 60.1 Å². The van der Waals surface area contributed by atoms with Gasteiger partial charge in [-0.2, -0.15) is 0 Å². The van der Waals surface area contributed by atoms with E-state index in [2.05, 4.69) is 29.6 Å². The van der Waals surface area contributed by atoms with Crippen LogP contribution in [0.2, 0.25) is 0 Å². The summed E-state index contributed by atoms with van der Waals surface area (Å²) in [5.41, 5.74) is 1.34. The molecule has 5 nitrogen and oxygen atoms in total. The summed E-state index contributed by atoms with van der Waals surface area (Å²) < 4.78 is 5.13. The molecule has 1 aliphatic heterocycles. The molecular weight excluding hydrogens is 328 g/mol. The highest BCUT2D eigenvalue weighted by Crippen LogP contribution is 2.28. The fourth-order valence-corrected chi connectivity index (χ4v) is 3.49. The number of furan rings is 1. The van der Waals surface area contributed by atoms with Gasteiger partial charge in [0.1, 0.15) is 6.04 Å². The van der Waals surface area contributed by atoms with Crippen LogP contribution < -0.4 is 5.32 Å². The van der Waals surface area contributed by atoms with E-state index >= 15 is 0 Å². The summed E-state index contributed by atoms with van der Waals surface area (Å²) >= 11 is 0. The van der Waals surface area contributed by atoms with Gasteiger partial charge in [-0.3, -0.25) is 9.59 Å². The lowest BCUT2D eigenvalue weighted by Gasteiger charge is -2.35. The van der Waals surface area contributed by atoms with Gasteiger partial charge in [-0.25, -0.2) is 0 Å². The fourth-order valence-electron chi connectivity index (χ4n) is 3.49. The van der Waals surface area contributed by atoms with Gasteiger partial charge in [0, 0.05) is 13.1 Å². The molecule has 1 saturated heterocycles. The van der Waals surface area contributed by atoms with Gasteiger partial charge in [-0.1, -0.05) is 44.2 Å². The minimum atomic E-state index is -0.541. The van der Waals surface area contributed by atoms with Gasteiger partial charge in [-0.15, -0.1) is 0 Å². The lowest BCUT2D eigenvalue weighted by molar-refractivity contribution is -0.135. The maximum Gasteiger partial charge on any atom is 0.287 e. The van der Waals surface area contributed by atoms with Crippen molar-refractivity contribution in [2.45, 2.75) is 38.6 Å². The Labute approximate surface area is 154 Å². The summed E-state index contributed by atoms with van der Waals surface area (Å²) in [6.45, 7) is 5.33. The van der Waals surface area contributed by atoms with Crippen molar-refractivity contribution >= 4 is 11.8 Å². The number of hydrogen-bond acceptors (Lipinski definition) is 3. The molecule has 1 unspecified atom stereocenters. The Hall–Kier alpha value is -2.56. The van der Waals surface area contributed by atoms with Crippen molar-refractivity contribution < 1.29 is 14.0 Å². The van der Waals surface area contributed by atoms with Gasteiger partial charge >= 0.3 is 0 Å². The second kappa shape index (κ2) is 8.21. The van der Waals surface area contributed by atoms with E-state index < -0.39 is 6.04 Å². The first-order valence-electron chi connectivity index (χ1n) is 9.24. The number of likely N-dealkylation sites (tertiary alicyclic amines) is 1. The predicted octanol–water partition coefficient (Wildman–Crippen LogP) is 3.44. The summed E-state index contributed by atoms with van der Waals surface area (Å²) in [4.78, 5) is 27.1. The molecule has 2 amide bonds. The molecule has 0 spiro atoms. The molecule has 0 radical (unpaired) electrons. The van der Waals surface area contributed by atoms with Crippen LogP contribution in [-0.4, -0.2) is 35.8 Å². The number of rotatable bonds is 5. The van der Waals surface area contributed by atoms with E-state index in [0.29, 0.717) is 5.92 Å². The monoisotopic (exact) mass is 354 g/mol. The average molecular weight is 354 g/mol. The topological polar surface area (TPSA) is 62.6 Å². The Morgan fingerprint density at radius 2 is 1.77 bits per heavy atom. The highest BCUT2D eigenvalue weighted by molar-refractivity contribution is 5.95. The predicted molar refractivity (Wildman–Crippen MR) is 99.8 cm³/mol. The maximum absolute atomic E-state index is 13.0. The van der Waals surface area contributed by atoms with Gasteiger partial charge in [-0.05, 0) is 42.4 Å². The molecule has 1 atom stereocenters. The third-order valence-corrected chi connectivity index (χ3v) is 5.04. The molecule has 2 aromatic rings. The zero-order chi connectivity index (χ0) is 18.5. The van der Waals surface area contributed by atoms with E-state index in [0.717, 1.165) is 25.9 Å². The Morgan fingerprint density at radius 3 is 2.35 bits per heavy atom. The summed E-state index contributed by atoms with van der Waals surface area (Å²) in [6.07, 6.45) is 3.36. The van der Waals surface area contributed by atoms with Crippen molar-refractivity contribution in [1.29, 1.82) is 0 Å². The quantitative estimate of drug-likeness (QED) is 0.895. The molecule has 1 aromatic carbocycles. The van der Waals surface area contributed by atoms with Crippen LogP contribution in [0.15, 0.2) is 53.1 Å². The molecule has 138 valence electrons. The number of amides is 2. The molecule has 2 heterocycles. The molecule has 1 N–H and O–H groups in total. The number of carbonyl (C=O) groups excluding carboxylic acids is 2. The third kappa shape index (κ3) is 4.15. The van der Waals surface area contributed by atoms with Gasteiger partial charge in [0.25, 0.3) is 5.91 Å². The van der Waals surface area contributed by atoms with Crippen LogP contribution in [0, 0.1) is 5.92 Å². The van der Waals surface area contributed by atoms with E-state index in [-0.39, 0.29) is 23.5 Å². The van der Waals surface area contributed by atoms with Crippen molar-refractivity contribution in [3.63, 3.8) is 0 Å². The largest absolute Gasteiger partial charge is 0.459 e. The SMILES string of the molecule is CC(C)C(NC(=O)c1ccco1)C(=O)N1CCC(c2ccccc2)CC1. The van der Waals surface area contributed by atoms with Crippen LogP contribution in [0.25, 0.3) is 0 Å². The minimum Gasteiger partial charge on any atom is -0.459 e. The Kier molecular flexibility index (Phi) is 5.76. The number of nitrogens with one attached hydrogen (secondary N) is 1. The summed E-state index contributed by atoms with van der Waals surface area (Å²) in [6, 6.07) is 13.2. The summed E-state index contributed by atoms with van der Waals surface area (Å²) in [7, 11) is 0. The lowest BCUT2D eigenvalue weighted by atomic mass is 9.89. The van der Waals surface area contributed by atoms with Crippen molar-refractivity contribution in [3.8, 4) is 0 Å². The van der Waals surface area contributed by atoms with Gasteiger partial charge in [0.2, 0.25) is 5.91 Å². The second-order valence-electron chi connectivity index (χ2n) is 7.18. The van der Waals surface area contributed by atoms with Gasteiger partial charge < -0.3 is 14.6 Å². The van der Waals surface area contributed by atoms with E-state index in [9.17, 15) is 9.59 Å². The number of nitrogens with zero attached hydrogens (tertiary/aromatic N) is 1. The number of hydrogen-bond donors (Lipinski definition) is 1. The zero-order valence-electron chi connectivity index (χ0n) is 15.4. The molecule has 0 bridgehead atoms. The normalized spacial score (nSPS) is 16.5. The molecular formula is C21H26N2O3. The molecule has 1 aliphatic rings. The Bertz CT molecular complexity index is 717. The van der Waals surface area contributed by atoms with Crippen LogP contribution in [0.1, 0.15) is 48.7 Å². The fraction of sp³-hybridized carbons (Fsp3) is 0.429. The maximum atomic E-state index is 13.0. The lowest BCUT2D eigenvalue weighted by Crippen LogP contribution is -2.52. The van der Waals surface area contributed by atoms with E-state index in [4.69, 9.17) is 4.42 Å². The third-order valence-electron chi connectivity index (χ3n) is 5.04. The summed E-state index contributed by atoms with van der Waals surface area (Å²) in [5, 5.41) is 2.83. The number of piperidine rings is 1. The van der Waals surface area contributed by atoms with Crippen LogP contribution >= 0.6 is 0 Å². The molecule has 26 heavy (non-hydrogen) atoms. The van der Waals surface area contributed by atoms with Crippen LogP contribution in [-0.2, 0) is 4.79 Å². The Morgan fingerprint density at radius 1 is 1.08 bits per heavy atom. The molecule has 1 fully saturated rings. The van der Waals surface area contributed by atoms with Crippen LogP contribution in [0.5, 0.6) is 0 Å². The van der Waals surface area contributed by atoms with E-state index in [1.54, 1.807) is 12.1 Å². The van der Waals surface area contributed by atoms with Gasteiger partial charge in [0.15, 0.2) is 5.76 Å². The van der Waals surface area contributed by atoms with Crippen LogP contribution in [0.3, 0.4) is 0 Å². The second-order valence-corrected chi connectivity index (χ2v) is 7.18. The first-order valence-corrected chi connectivity index (χ1v) is 9.24. The zero-order valence-corrected chi connectivity index (χ0v) is 15.4. The smallest absolute Gasteiger partial charge is 0.287 e. The van der Waals surface area contributed by atoms with Crippen molar-refractivity contribution in [2.24, 2.45) is 5.92 Å². The molecule has 3 rings (SSSR count). The molecule has 1 aromatic heterocycles. The average Bonchev–Trinajstić information content (AvgIpc) is 3.21. The van der Waals surface area contributed by atoms with Crippen molar-refractivity contribution in [2.75, 3.05) is 13.1 Å². The van der Waals surface area contributed by atoms with Crippen molar-refractivity contribution in [1.82, 2.24) is 10.2 Å². The first-order chi connectivity index (χ1) is 12.6. The summed E-state index contributed by atoms with van der Waals surface area (Å²) in [5.74, 6) is 0.377. The molecule has 0 saturated carbocycles. The minimum absolute atomic E-state index is 0.00765. The Balaban J connectivity index is 1.60. The van der Waals surface area contributed by atoms with Gasteiger partial charge in [0.05, 0.1) is 6.26 Å².